The van der Waals surface area contributed by atoms with Gasteiger partial charge in [-0.05, 0) is 13.0 Å². The van der Waals surface area contributed by atoms with Gasteiger partial charge in [0, 0.05) is 29.8 Å². The van der Waals surface area contributed by atoms with Crippen molar-refractivity contribution in [2.75, 3.05) is 5.32 Å². The SMILES string of the molecule is CC(=O)Nc1csc(-c2cnc(C)c(C(F)(F)F)c2)n1. The Morgan fingerprint density at radius 3 is 2.70 bits per heavy atom. The van der Waals surface area contributed by atoms with Crippen molar-refractivity contribution in [3.63, 3.8) is 0 Å². The van der Waals surface area contributed by atoms with Crippen molar-refractivity contribution in [2.24, 2.45) is 0 Å². The average Bonchev–Trinajstić information content (AvgIpc) is 2.75. The van der Waals surface area contributed by atoms with E-state index in [0.717, 1.165) is 17.4 Å². The molecule has 0 saturated heterocycles. The predicted molar refractivity (Wildman–Crippen MR) is 69.4 cm³/mol. The quantitative estimate of drug-likeness (QED) is 0.923. The number of hydrogen-bond acceptors (Lipinski definition) is 4. The van der Waals surface area contributed by atoms with Crippen LogP contribution >= 0.6 is 11.3 Å². The van der Waals surface area contributed by atoms with Crippen LogP contribution in [0.2, 0.25) is 0 Å². The van der Waals surface area contributed by atoms with Crippen LogP contribution in [0.25, 0.3) is 10.6 Å². The van der Waals surface area contributed by atoms with E-state index in [1.807, 2.05) is 0 Å². The number of nitrogens with zero attached hydrogens (tertiary/aromatic N) is 2. The Labute approximate surface area is 116 Å². The largest absolute Gasteiger partial charge is 0.418 e. The summed E-state index contributed by atoms with van der Waals surface area (Å²) in [5.74, 6) is 0.0199. The first kappa shape index (κ1) is 14.4. The molecule has 0 fully saturated rings. The van der Waals surface area contributed by atoms with Crippen LogP contribution in [0.1, 0.15) is 18.2 Å². The third-order valence-electron chi connectivity index (χ3n) is 2.45. The number of halogens is 3. The van der Waals surface area contributed by atoms with E-state index in [1.165, 1.54) is 20.0 Å². The van der Waals surface area contributed by atoms with Gasteiger partial charge in [-0.15, -0.1) is 11.3 Å². The highest BCUT2D eigenvalue weighted by Crippen LogP contribution is 2.34. The minimum absolute atomic E-state index is 0.0834. The number of hydrogen-bond donors (Lipinski definition) is 1. The van der Waals surface area contributed by atoms with Crippen molar-refractivity contribution in [2.45, 2.75) is 20.0 Å². The Kier molecular flexibility index (Phi) is 3.76. The number of amides is 1. The second-order valence-corrected chi connectivity index (χ2v) is 4.93. The van der Waals surface area contributed by atoms with Gasteiger partial charge >= 0.3 is 6.18 Å². The first-order valence-corrected chi connectivity index (χ1v) is 6.42. The zero-order valence-corrected chi connectivity index (χ0v) is 11.4. The molecule has 0 unspecified atom stereocenters. The lowest BCUT2D eigenvalue weighted by Gasteiger charge is -2.10. The summed E-state index contributed by atoms with van der Waals surface area (Å²) in [4.78, 5) is 18.7. The van der Waals surface area contributed by atoms with Crippen molar-refractivity contribution in [3.05, 3.63) is 28.9 Å². The highest BCUT2D eigenvalue weighted by molar-refractivity contribution is 7.13. The number of thiazole rings is 1. The molecule has 0 atom stereocenters. The fourth-order valence-corrected chi connectivity index (χ4v) is 2.31. The smallest absolute Gasteiger partial charge is 0.310 e. The molecule has 20 heavy (non-hydrogen) atoms. The van der Waals surface area contributed by atoms with Gasteiger partial charge < -0.3 is 5.32 Å². The third kappa shape index (κ3) is 3.13. The van der Waals surface area contributed by atoms with Crippen LogP contribution in [-0.2, 0) is 11.0 Å². The molecule has 0 aliphatic carbocycles. The number of carbonyl (C=O) groups excluding carboxylic acids is 1. The van der Waals surface area contributed by atoms with Gasteiger partial charge in [0.2, 0.25) is 5.91 Å². The van der Waals surface area contributed by atoms with E-state index < -0.39 is 11.7 Å². The molecule has 0 aliphatic rings. The summed E-state index contributed by atoms with van der Waals surface area (Å²) in [6.07, 6.45) is -3.12. The van der Waals surface area contributed by atoms with Gasteiger partial charge in [0.05, 0.1) is 5.56 Å². The maximum absolute atomic E-state index is 12.8. The third-order valence-corrected chi connectivity index (χ3v) is 3.34. The van der Waals surface area contributed by atoms with Crippen molar-refractivity contribution in [3.8, 4) is 10.6 Å². The van der Waals surface area contributed by atoms with Gasteiger partial charge in [-0.2, -0.15) is 13.2 Å². The number of anilines is 1. The van der Waals surface area contributed by atoms with Crippen molar-refractivity contribution >= 4 is 23.1 Å². The standard InChI is InChI=1S/C12H10F3N3OS/c1-6-9(12(13,14)15)3-8(4-16-6)11-18-10(5-20-11)17-7(2)19/h3-5H,1-2H3,(H,17,19). The number of nitrogens with one attached hydrogen (secondary N) is 1. The number of rotatable bonds is 2. The molecular formula is C12H10F3N3OS. The van der Waals surface area contributed by atoms with Crippen molar-refractivity contribution < 1.29 is 18.0 Å². The zero-order valence-electron chi connectivity index (χ0n) is 10.6. The Bertz CT molecular complexity index is 652. The second kappa shape index (κ2) is 5.20. The van der Waals surface area contributed by atoms with E-state index in [1.54, 1.807) is 5.38 Å². The highest BCUT2D eigenvalue weighted by atomic mass is 32.1. The average molecular weight is 301 g/mol. The minimum atomic E-state index is -4.45. The Balaban J connectivity index is 2.38. The summed E-state index contributed by atoms with van der Waals surface area (Å²) in [5.41, 5.74) is -0.601. The summed E-state index contributed by atoms with van der Waals surface area (Å²) in [6.45, 7) is 2.63. The van der Waals surface area contributed by atoms with Crippen LogP contribution in [0.3, 0.4) is 0 Å². The van der Waals surface area contributed by atoms with Crippen LogP contribution in [-0.4, -0.2) is 15.9 Å². The first-order chi connectivity index (χ1) is 9.27. The van der Waals surface area contributed by atoms with Gasteiger partial charge in [0.15, 0.2) is 0 Å². The summed E-state index contributed by atoms with van der Waals surface area (Å²) in [7, 11) is 0. The fraction of sp³-hybridized carbons (Fsp3) is 0.250. The predicted octanol–water partition coefficient (Wildman–Crippen LogP) is 3.49. The molecule has 0 spiro atoms. The van der Waals surface area contributed by atoms with E-state index in [2.05, 4.69) is 15.3 Å². The molecule has 2 aromatic heterocycles. The minimum Gasteiger partial charge on any atom is -0.310 e. The maximum Gasteiger partial charge on any atom is 0.418 e. The van der Waals surface area contributed by atoms with Crippen LogP contribution in [0, 0.1) is 6.92 Å². The Morgan fingerprint density at radius 1 is 1.40 bits per heavy atom. The van der Waals surface area contributed by atoms with Gasteiger partial charge in [-0.1, -0.05) is 0 Å². The highest BCUT2D eigenvalue weighted by Gasteiger charge is 2.33. The molecule has 8 heteroatoms. The molecule has 106 valence electrons. The van der Waals surface area contributed by atoms with E-state index in [9.17, 15) is 18.0 Å². The van der Waals surface area contributed by atoms with Crippen molar-refractivity contribution in [1.29, 1.82) is 0 Å². The monoisotopic (exact) mass is 301 g/mol. The molecule has 0 bridgehead atoms. The number of aryl methyl sites for hydroxylation is 1. The molecule has 0 radical (unpaired) electrons. The molecule has 0 aromatic carbocycles. The van der Waals surface area contributed by atoms with Crippen LogP contribution in [0.4, 0.5) is 19.0 Å². The van der Waals surface area contributed by atoms with Gasteiger partial charge in [0.25, 0.3) is 0 Å². The number of pyridine rings is 1. The number of aromatic nitrogens is 2. The van der Waals surface area contributed by atoms with E-state index in [4.69, 9.17) is 0 Å². The molecule has 2 rings (SSSR count). The summed E-state index contributed by atoms with van der Waals surface area (Å²) in [6, 6.07) is 1.01. The van der Waals surface area contributed by atoms with Crippen LogP contribution in [0.15, 0.2) is 17.6 Å². The molecular weight excluding hydrogens is 291 g/mol. The molecule has 0 aliphatic heterocycles. The Hall–Kier alpha value is -1.96. The lowest BCUT2D eigenvalue weighted by Crippen LogP contribution is -2.09. The molecule has 4 nitrogen and oxygen atoms in total. The van der Waals surface area contributed by atoms with Gasteiger partial charge in [0.1, 0.15) is 10.8 Å². The maximum atomic E-state index is 12.8. The van der Waals surface area contributed by atoms with E-state index in [0.29, 0.717) is 10.8 Å². The molecule has 2 heterocycles. The van der Waals surface area contributed by atoms with Crippen LogP contribution < -0.4 is 5.32 Å². The zero-order chi connectivity index (χ0) is 14.9. The molecule has 2 aromatic rings. The summed E-state index contributed by atoms with van der Waals surface area (Å²) in [5, 5.41) is 4.40. The molecule has 1 amide bonds. The van der Waals surface area contributed by atoms with E-state index in [-0.39, 0.29) is 17.2 Å². The number of carbonyl (C=O) groups is 1. The normalized spacial score (nSPS) is 11.4. The lowest BCUT2D eigenvalue weighted by atomic mass is 10.1. The summed E-state index contributed by atoms with van der Waals surface area (Å²) < 4.78 is 38.4. The lowest BCUT2D eigenvalue weighted by molar-refractivity contribution is -0.138. The molecule has 0 saturated carbocycles. The summed E-state index contributed by atoms with van der Waals surface area (Å²) >= 11 is 1.14. The topological polar surface area (TPSA) is 54.9 Å². The molecule has 1 N–H and O–H groups in total. The second-order valence-electron chi connectivity index (χ2n) is 4.07. The first-order valence-electron chi connectivity index (χ1n) is 5.54. The van der Waals surface area contributed by atoms with Crippen LogP contribution in [0.5, 0.6) is 0 Å². The number of alkyl halides is 3. The Morgan fingerprint density at radius 2 is 2.10 bits per heavy atom. The van der Waals surface area contributed by atoms with Gasteiger partial charge in [-0.25, -0.2) is 4.98 Å². The van der Waals surface area contributed by atoms with E-state index >= 15 is 0 Å². The van der Waals surface area contributed by atoms with Crippen molar-refractivity contribution in [1.82, 2.24) is 9.97 Å². The van der Waals surface area contributed by atoms with Gasteiger partial charge in [-0.3, -0.25) is 9.78 Å². The fourth-order valence-electron chi connectivity index (χ4n) is 1.58.